The highest BCUT2D eigenvalue weighted by molar-refractivity contribution is 7.59. The fourth-order valence-corrected chi connectivity index (χ4v) is 0.643. The third-order valence-electron chi connectivity index (χ3n) is 1.29. The summed E-state index contributed by atoms with van der Waals surface area (Å²) in [5.74, 6) is -0.958. The van der Waals surface area contributed by atoms with Crippen molar-refractivity contribution in [2.45, 2.75) is 19.8 Å². The molecule has 0 amide bonds. The number of hydrogen-bond donors (Lipinski definition) is 1. The van der Waals surface area contributed by atoms with Gasteiger partial charge in [0.15, 0.2) is 0 Å². The summed E-state index contributed by atoms with van der Waals surface area (Å²) in [7, 11) is 0. The molecule has 60 valence electrons. The average molecular weight is 162 g/mol. The fourth-order valence-electron chi connectivity index (χ4n) is 0.643. The summed E-state index contributed by atoms with van der Waals surface area (Å²) in [5, 5.41) is 8.46. The first-order valence-electron chi connectivity index (χ1n) is 3.06. The van der Waals surface area contributed by atoms with Gasteiger partial charge < -0.3 is 5.11 Å². The van der Waals surface area contributed by atoms with Crippen LogP contribution in [0.25, 0.3) is 0 Å². The molecule has 0 aliphatic carbocycles. The van der Waals surface area contributed by atoms with Gasteiger partial charge in [0.2, 0.25) is 0 Å². The zero-order valence-electron chi connectivity index (χ0n) is 6.13. The Bertz CT molecular complexity index is 112. The molecular formula is C7H14O2S. The van der Waals surface area contributed by atoms with Crippen LogP contribution < -0.4 is 0 Å². The molecule has 1 atom stereocenters. The van der Waals surface area contributed by atoms with Gasteiger partial charge in [-0.3, -0.25) is 4.79 Å². The van der Waals surface area contributed by atoms with E-state index in [1.807, 2.05) is 6.92 Å². The number of aliphatic carboxylic acids is 1. The maximum Gasteiger partial charge on any atom is 0.306 e. The fraction of sp³-hybridized carbons (Fsp3) is 0.571. The number of allylic oxidation sites excluding steroid dienone is 1. The van der Waals surface area contributed by atoms with E-state index in [1.165, 1.54) is 0 Å². The van der Waals surface area contributed by atoms with Gasteiger partial charge in [-0.2, -0.15) is 13.5 Å². The molecule has 0 aromatic rings. The zero-order chi connectivity index (χ0) is 7.28. The normalized spacial score (nSPS) is 11.3. The second kappa shape index (κ2) is 6.68. The number of carboxylic acid groups (broad SMARTS) is 1. The summed E-state index contributed by atoms with van der Waals surface area (Å²) in [4.78, 5) is 10.3. The van der Waals surface area contributed by atoms with Gasteiger partial charge in [-0.05, 0) is 12.8 Å². The molecule has 0 aliphatic heterocycles. The molecule has 2 nitrogen and oxygen atoms in total. The van der Waals surface area contributed by atoms with Crippen molar-refractivity contribution in [1.82, 2.24) is 0 Å². The predicted octanol–water partition coefficient (Wildman–Crippen LogP) is 1.79. The summed E-state index contributed by atoms with van der Waals surface area (Å²) in [5.41, 5.74) is 0. The largest absolute Gasteiger partial charge is 0.481 e. The number of hydrogen-bond acceptors (Lipinski definition) is 1. The van der Waals surface area contributed by atoms with Crippen molar-refractivity contribution in [2.75, 3.05) is 0 Å². The van der Waals surface area contributed by atoms with E-state index in [2.05, 4.69) is 6.58 Å². The van der Waals surface area contributed by atoms with Crippen LogP contribution >= 0.6 is 13.5 Å². The van der Waals surface area contributed by atoms with Gasteiger partial charge >= 0.3 is 5.97 Å². The van der Waals surface area contributed by atoms with Crippen molar-refractivity contribution in [3.63, 3.8) is 0 Å². The first-order chi connectivity index (χ1) is 4.22. The third kappa shape index (κ3) is 4.44. The molecular weight excluding hydrogens is 148 g/mol. The summed E-state index contributed by atoms with van der Waals surface area (Å²) >= 11 is 0. The first kappa shape index (κ1) is 12.3. The maximum atomic E-state index is 10.3. The van der Waals surface area contributed by atoms with Crippen molar-refractivity contribution in [2.24, 2.45) is 5.92 Å². The molecule has 0 aromatic carbocycles. The van der Waals surface area contributed by atoms with Gasteiger partial charge in [-0.15, -0.1) is 6.58 Å². The average Bonchev–Trinajstić information content (AvgIpc) is 1.82. The lowest BCUT2D eigenvalue weighted by molar-refractivity contribution is -0.141. The minimum atomic E-state index is -0.725. The van der Waals surface area contributed by atoms with E-state index in [1.54, 1.807) is 6.08 Å². The van der Waals surface area contributed by atoms with Gasteiger partial charge in [0, 0.05) is 0 Å². The second-order valence-corrected chi connectivity index (χ2v) is 1.97. The summed E-state index contributed by atoms with van der Waals surface area (Å²) < 4.78 is 0. The van der Waals surface area contributed by atoms with Gasteiger partial charge in [-0.25, -0.2) is 0 Å². The molecule has 0 rings (SSSR count). The molecule has 0 saturated heterocycles. The lowest BCUT2D eigenvalue weighted by Crippen LogP contribution is -2.10. The number of carboxylic acids is 1. The monoisotopic (exact) mass is 162 g/mol. The van der Waals surface area contributed by atoms with Crippen LogP contribution in [0.15, 0.2) is 12.7 Å². The van der Waals surface area contributed by atoms with Crippen LogP contribution in [0.3, 0.4) is 0 Å². The van der Waals surface area contributed by atoms with E-state index in [0.29, 0.717) is 12.8 Å². The number of rotatable bonds is 4. The Hall–Kier alpha value is -0.440. The van der Waals surface area contributed by atoms with Crippen LogP contribution in [0.5, 0.6) is 0 Å². The molecule has 0 aromatic heterocycles. The minimum absolute atomic E-state index is 0. The van der Waals surface area contributed by atoms with Gasteiger partial charge in [0.1, 0.15) is 0 Å². The molecule has 1 unspecified atom stereocenters. The van der Waals surface area contributed by atoms with Gasteiger partial charge in [0.25, 0.3) is 0 Å². The Morgan fingerprint density at radius 2 is 2.30 bits per heavy atom. The standard InChI is InChI=1S/C7H12O2.H2S/c1-3-5-6(4-2)7(8)9;/h3,6H,1,4-5H2,2H3,(H,8,9);1H2. The molecule has 10 heavy (non-hydrogen) atoms. The van der Waals surface area contributed by atoms with Crippen LogP contribution in [-0.4, -0.2) is 11.1 Å². The number of carbonyl (C=O) groups is 1. The highest BCUT2D eigenvalue weighted by Gasteiger charge is 2.11. The van der Waals surface area contributed by atoms with Gasteiger partial charge in [-0.1, -0.05) is 13.0 Å². The molecule has 0 aliphatic rings. The third-order valence-corrected chi connectivity index (χ3v) is 1.29. The zero-order valence-corrected chi connectivity index (χ0v) is 7.13. The van der Waals surface area contributed by atoms with Crippen molar-refractivity contribution < 1.29 is 9.90 Å². The molecule has 3 heteroatoms. The Kier molecular flexibility index (Phi) is 8.18. The minimum Gasteiger partial charge on any atom is -0.481 e. The van der Waals surface area contributed by atoms with Crippen LogP contribution in [0.1, 0.15) is 19.8 Å². The maximum absolute atomic E-state index is 10.3. The van der Waals surface area contributed by atoms with Crippen LogP contribution in [0.4, 0.5) is 0 Å². The van der Waals surface area contributed by atoms with Crippen molar-refractivity contribution in [1.29, 1.82) is 0 Å². The first-order valence-corrected chi connectivity index (χ1v) is 3.06. The predicted molar refractivity (Wildman–Crippen MR) is 46.6 cm³/mol. The highest BCUT2D eigenvalue weighted by Crippen LogP contribution is 2.07. The van der Waals surface area contributed by atoms with Crippen molar-refractivity contribution >= 4 is 19.5 Å². The molecule has 0 heterocycles. The smallest absolute Gasteiger partial charge is 0.306 e. The van der Waals surface area contributed by atoms with E-state index in [9.17, 15) is 4.79 Å². The van der Waals surface area contributed by atoms with E-state index in [-0.39, 0.29) is 19.4 Å². The molecule has 0 radical (unpaired) electrons. The lowest BCUT2D eigenvalue weighted by atomic mass is 10.0. The molecule has 0 saturated carbocycles. The summed E-state index contributed by atoms with van der Waals surface area (Å²) in [6, 6.07) is 0. The molecule has 1 N–H and O–H groups in total. The molecule has 0 bridgehead atoms. The van der Waals surface area contributed by atoms with Crippen molar-refractivity contribution in [3.05, 3.63) is 12.7 Å². The molecule has 0 fully saturated rings. The summed E-state index contributed by atoms with van der Waals surface area (Å²) in [6.45, 7) is 5.33. The Labute approximate surface area is 68.4 Å². The van der Waals surface area contributed by atoms with Crippen molar-refractivity contribution in [3.8, 4) is 0 Å². The van der Waals surface area contributed by atoms with Crippen LogP contribution in [0.2, 0.25) is 0 Å². The summed E-state index contributed by atoms with van der Waals surface area (Å²) in [6.07, 6.45) is 2.90. The van der Waals surface area contributed by atoms with E-state index in [4.69, 9.17) is 5.11 Å². The topological polar surface area (TPSA) is 37.3 Å². The van der Waals surface area contributed by atoms with E-state index in [0.717, 1.165) is 0 Å². The highest BCUT2D eigenvalue weighted by atomic mass is 32.1. The van der Waals surface area contributed by atoms with Gasteiger partial charge in [0.05, 0.1) is 5.92 Å². The van der Waals surface area contributed by atoms with Crippen LogP contribution in [-0.2, 0) is 4.79 Å². The Morgan fingerprint density at radius 3 is 2.40 bits per heavy atom. The SMILES string of the molecule is C=CCC(CC)C(=O)O.S. The van der Waals surface area contributed by atoms with E-state index >= 15 is 0 Å². The molecule has 0 spiro atoms. The Morgan fingerprint density at radius 1 is 1.80 bits per heavy atom. The lowest BCUT2D eigenvalue weighted by Gasteiger charge is -2.03. The second-order valence-electron chi connectivity index (χ2n) is 1.97. The van der Waals surface area contributed by atoms with E-state index < -0.39 is 5.97 Å². The quantitative estimate of drug-likeness (QED) is 0.640. The Balaban J connectivity index is 0. The van der Waals surface area contributed by atoms with Crippen LogP contribution in [0, 0.1) is 5.92 Å².